The number of aromatic nitrogens is 1. The van der Waals surface area contributed by atoms with E-state index < -0.39 is 6.10 Å². The number of fused-ring (bicyclic) bond motifs is 1. The molecule has 2 nitrogen and oxygen atoms in total. The first-order valence-electron chi connectivity index (χ1n) is 6.37. The first-order valence-corrected chi connectivity index (χ1v) is 6.37. The molecule has 0 spiro atoms. The van der Waals surface area contributed by atoms with Crippen molar-refractivity contribution in [1.29, 1.82) is 0 Å². The standard InChI is InChI=1S/C17H15NO/c1-12(19)13-6-8-14(9-7-13)16-10-15-4-2-3-5-17(15)18-11-16/h2-12,19H,1H3/t12-/m1/s1. The summed E-state index contributed by atoms with van der Waals surface area (Å²) < 4.78 is 0. The first kappa shape index (κ1) is 11.9. The molecule has 0 saturated heterocycles. The Morgan fingerprint density at radius 1 is 0.947 bits per heavy atom. The van der Waals surface area contributed by atoms with Gasteiger partial charge in [0.1, 0.15) is 0 Å². The smallest absolute Gasteiger partial charge is 0.0761 e. The van der Waals surface area contributed by atoms with Gasteiger partial charge in [-0.05, 0) is 30.2 Å². The van der Waals surface area contributed by atoms with E-state index in [0.717, 1.165) is 27.6 Å². The van der Waals surface area contributed by atoms with Crippen LogP contribution in [0.15, 0.2) is 60.8 Å². The maximum atomic E-state index is 9.51. The highest BCUT2D eigenvalue weighted by Gasteiger charge is 2.03. The fourth-order valence-electron chi connectivity index (χ4n) is 2.18. The summed E-state index contributed by atoms with van der Waals surface area (Å²) in [7, 11) is 0. The Balaban J connectivity index is 2.03. The Kier molecular flexibility index (Phi) is 3.02. The Labute approximate surface area is 112 Å². The molecule has 1 atom stereocenters. The van der Waals surface area contributed by atoms with Crippen molar-refractivity contribution >= 4 is 10.9 Å². The summed E-state index contributed by atoms with van der Waals surface area (Å²) in [5.74, 6) is 0. The Bertz CT molecular complexity index is 702. The van der Waals surface area contributed by atoms with Crippen molar-refractivity contribution < 1.29 is 5.11 Å². The minimum atomic E-state index is -0.427. The second-order valence-corrected chi connectivity index (χ2v) is 4.71. The highest BCUT2D eigenvalue weighted by molar-refractivity contribution is 5.83. The van der Waals surface area contributed by atoms with Crippen LogP contribution in [0.2, 0.25) is 0 Å². The van der Waals surface area contributed by atoms with Crippen molar-refractivity contribution in [1.82, 2.24) is 4.98 Å². The molecule has 2 aromatic carbocycles. The number of nitrogens with zero attached hydrogens (tertiary/aromatic N) is 1. The molecule has 0 amide bonds. The van der Waals surface area contributed by atoms with Gasteiger partial charge in [0, 0.05) is 17.1 Å². The molecule has 1 N–H and O–H groups in total. The number of hydrogen-bond donors (Lipinski definition) is 1. The summed E-state index contributed by atoms with van der Waals surface area (Å²) in [5.41, 5.74) is 4.14. The van der Waals surface area contributed by atoms with E-state index in [1.54, 1.807) is 6.92 Å². The third kappa shape index (κ3) is 2.35. The summed E-state index contributed by atoms with van der Waals surface area (Å²) in [4.78, 5) is 4.47. The van der Waals surface area contributed by atoms with Crippen molar-refractivity contribution in [3.8, 4) is 11.1 Å². The van der Waals surface area contributed by atoms with Crippen LogP contribution in [0.3, 0.4) is 0 Å². The third-order valence-corrected chi connectivity index (χ3v) is 3.32. The van der Waals surface area contributed by atoms with Crippen molar-refractivity contribution in [3.05, 3.63) is 66.4 Å². The lowest BCUT2D eigenvalue weighted by atomic mass is 10.0. The fourth-order valence-corrected chi connectivity index (χ4v) is 2.18. The van der Waals surface area contributed by atoms with Gasteiger partial charge in [0.05, 0.1) is 11.6 Å². The van der Waals surface area contributed by atoms with Gasteiger partial charge in [0.25, 0.3) is 0 Å². The van der Waals surface area contributed by atoms with Crippen molar-refractivity contribution in [2.75, 3.05) is 0 Å². The minimum absolute atomic E-state index is 0.427. The number of hydrogen-bond acceptors (Lipinski definition) is 2. The Morgan fingerprint density at radius 2 is 1.68 bits per heavy atom. The summed E-state index contributed by atoms with van der Waals surface area (Å²) in [6.45, 7) is 1.77. The van der Waals surface area contributed by atoms with Crippen molar-refractivity contribution in [2.45, 2.75) is 13.0 Å². The molecule has 0 unspecified atom stereocenters. The van der Waals surface area contributed by atoms with Crippen LogP contribution in [0.4, 0.5) is 0 Å². The van der Waals surface area contributed by atoms with E-state index in [1.807, 2.05) is 48.7 Å². The summed E-state index contributed by atoms with van der Waals surface area (Å²) in [6.07, 6.45) is 1.46. The molecule has 0 radical (unpaired) electrons. The maximum Gasteiger partial charge on any atom is 0.0761 e. The van der Waals surface area contributed by atoms with Crippen LogP contribution >= 0.6 is 0 Å². The summed E-state index contributed by atoms with van der Waals surface area (Å²) in [6, 6.07) is 18.2. The number of aliphatic hydroxyl groups is 1. The largest absolute Gasteiger partial charge is 0.389 e. The van der Waals surface area contributed by atoms with Crippen LogP contribution in [0.5, 0.6) is 0 Å². The number of para-hydroxylation sites is 1. The Hall–Kier alpha value is -2.19. The van der Waals surface area contributed by atoms with E-state index in [-0.39, 0.29) is 0 Å². The number of pyridine rings is 1. The summed E-state index contributed by atoms with van der Waals surface area (Å²) in [5, 5.41) is 10.7. The van der Waals surface area contributed by atoms with Crippen LogP contribution in [-0.2, 0) is 0 Å². The van der Waals surface area contributed by atoms with Crippen LogP contribution in [0, 0.1) is 0 Å². The third-order valence-electron chi connectivity index (χ3n) is 3.32. The molecule has 0 aliphatic rings. The second-order valence-electron chi connectivity index (χ2n) is 4.71. The van der Waals surface area contributed by atoms with Gasteiger partial charge in [-0.3, -0.25) is 4.98 Å². The van der Waals surface area contributed by atoms with Gasteiger partial charge in [-0.15, -0.1) is 0 Å². The zero-order valence-corrected chi connectivity index (χ0v) is 10.7. The Morgan fingerprint density at radius 3 is 2.42 bits per heavy atom. The van der Waals surface area contributed by atoms with Gasteiger partial charge in [-0.1, -0.05) is 42.5 Å². The van der Waals surface area contributed by atoms with Gasteiger partial charge in [0.2, 0.25) is 0 Å². The SMILES string of the molecule is C[C@@H](O)c1ccc(-c2cnc3ccccc3c2)cc1. The number of rotatable bonds is 2. The molecule has 19 heavy (non-hydrogen) atoms. The molecule has 1 aromatic heterocycles. The molecule has 3 aromatic rings. The van der Waals surface area contributed by atoms with Crippen LogP contribution in [0.1, 0.15) is 18.6 Å². The summed E-state index contributed by atoms with van der Waals surface area (Å²) >= 11 is 0. The molecule has 0 bridgehead atoms. The van der Waals surface area contributed by atoms with Crippen LogP contribution < -0.4 is 0 Å². The van der Waals surface area contributed by atoms with E-state index in [4.69, 9.17) is 0 Å². The molecular weight excluding hydrogens is 234 g/mol. The first-order chi connectivity index (χ1) is 9.24. The zero-order valence-electron chi connectivity index (χ0n) is 10.7. The molecule has 94 valence electrons. The normalized spacial score (nSPS) is 12.5. The van der Waals surface area contributed by atoms with E-state index in [1.165, 1.54) is 0 Å². The van der Waals surface area contributed by atoms with Crippen molar-refractivity contribution in [3.63, 3.8) is 0 Å². The van der Waals surface area contributed by atoms with E-state index in [2.05, 4.69) is 17.1 Å². The topological polar surface area (TPSA) is 33.1 Å². The van der Waals surface area contributed by atoms with Gasteiger partial charge < -0.3 is 5.11 Å². The predicted molar refractivity (Wildman–Crippen MR) is 77.8 cm³/mol. The quantitative estimate of drug-likeness (QED) is 0.745. The molecular formula is C17H15NO. The van der Waals surface area contributed by atoms with Gasteiger partial charge in [-0.25, -0.2) is 0 Å². The highest BCUT2D eigenvalue weighted by atomic mass is 16.3. The average Bonchev–Trinajstić information content (AvgIpc) is 2.47. The highest BCUT2D eigenvalue weighted by Crippen LogP contribution is 2.24. The van der Waals surface area contributed by atoms with Gasteiger partial charge >= 0.3 is 0 Å². The van der Waals surface area contributed by atoms with E-state index >= 15 is 0 Å². The fraction of sp³-hybridized carbons (Fsp3) is 0.118. The monoisotopic (exact) mass is 249 g/mol. The lowest BCUT2D eigenvalue weighted by Crippen LogP contribution is -1.90. The minimum Gasteiger partial charge on any atom is -0.389 e. The van der Waals surface area contributed by atoms with E-state index in [9.17, 15) is 5.11 Å². The zero-order chi connectivity index (χ0) is 13.2. The molecule has 0 aliphatic carbocycles. The van der Waals surface area contributed by atoms with Crippen LogP contribution in [-0.4, -0.2) is 10.1 Å². The maximum absolute atomic E-state index is 9.51. The van der Waals surface area contributed by atoms with Gasteiger partial charge in [0.15, 0.2) is 0 Å². The molecule has 0 saturated carbocycles. The molecule has 0 fully saturated rings. The number of benzene rings is 2. The molecule has 1 heterocycles. The van der Waals surface area contributed by atoms with Crippen LogP contribution in [0.25, 0.3) is 22.0 Å². The molecule has 3 rings (SSSR count). The lowest BCUT2D eigenvalue weighted by Gasteiger charge is -2.07. The average molecular weight is 249 g/mol. The molecule has 2 heteroatoms. The van der Waals surface area contributed by atoms with Crippen molar-refractivity contribution in [2.24, 2.45) is 0 Å². The lowest BCUT2D eigenvalue weighted by molar-refractivity contribution is 0.199. The molecule has 0 aliphatic heterocycles. The number of aliphatic hydroxyl groups excluding tert-OH is 1. The van der Waals surface area contributed by atoms with Gasteiger partial charge in [-0.2, -0.15) is 0 Å². The second kappa shape index (κ2) is 4.82. The predicted octanol–water partition coefficient (Wildman–Crippen LogP) is 3.96. The van der Waals surface area contributed by atoms with E-state index in [0.29, 0.717) is 0 Å².